The summed E-state index contributed by atoms with van der Waals surface area (Å²) in [5.41, 5.74) is 0.474. The highest BCUT2D eigenvalue weighted by Gasteiger charge is 2.14. The molecule has 0 amide bonds. The van der Waals surface area contributed by atoms with Gasteiger partial charge in [0.1, 0.15) is 12.4 Å². The lowest BCUT2D eigenvalue weighted by Crippen LogP contribution is -2.07. The van der Waals surface area contributed by atoms with Crippen LogP contribution >= 0.6 is 0 Å². The first-order chi connectivity index (χ1) is 9.12. The van der Waals surface area contributed by atoms with Crippen LogP contribution in [0, 0.1) is 0 Å². The van der Waals surface area contributed by atoms with Gasteiger partial charge in [-0.05, 0) is 25.1 Å². The predicted octanol–water partition coefficient (Wildman–Crippen LogP) is 2.21. The first-order valence-corrected chi connectivity index (χ1v) is 5.68. The maximum Gasteiger partial charge on any atom is 0.338 e. The van der Waals surface area contributed by atoms with E-state index < -0.39 is 11.9 Å². The van der Waals surface area contributed by atoms with E-state index in [1.54, 1.807) is 0 Å². The van der Waals surface area contributed by atoms with E-state index in [-0.39, 0.29) is 11.1 Å². The number of methoxy groups -OCH3 is 2. The van der Waals surface area contributed by atoms with Crippen molar-refractivity contribution in [2.75, 3.05) is 20.8 Å². The van der Waals surface area contributed by atoms with Crippen molar-refractivity contribution >= 4 is 11.9 Å². The average molecular weight is 264 g/mol. The Labute approximate surface area is 111 Å². The first kappa shape index (κ1) is 14.8. The number of benzene rings is 1. The maximum absolute atomic E-state index is 11.5. The summed E-state index contributed by atoms with van der Waals surface area (Å²) < 4.78 is 14.7. The lowest BCUT2D eigenvalue weighted by atomic mass is 10.1. The Hall–Kier alpha value is -2.30. The third kappa shape index (κ3) is 4.13. The van der Waals surface area contributed by atoms with Crippen LogP contribution in [-0.4, -0.2) is 32.8 Å². The fraction of sp³-hybridized carbons (Fsp3) is 0.286. The number of esters is 2. The standard InChI is InChI=1S/C14H16O5/c1-4-5-6-19-12-8-10(13(15)17-2)7-11(9-12)14(16)18-3/h4-5,7-9H,6H2,1-3H3. The number of carbonyl (C=O) groups is 2. The number of ether oxygens (including phenoxy) is 3. The molecule has 0 heterocycles. The monoisotopic (exact) mass is 264 g/mol. The zero-order chi connectivity index (χ0) is 14.3. The third-order valence-electron chi connectivity index (χ3n) is 2.33. The molecule has 0 aliphatic rings. The predicted molar refractivity (Wildman–Crippen MR) is 69.4 cm³/mol. The van der Waals surface area contributed by atoms with Crippen LogP contribution in [0.25, 0.3) is 0 Å². The molecular formula is C14H16O5. The molecule has 0 fully saturated rings. The molecule has 0 aromatic heterocycles. The number of allylic oxidation sites excluding steroid dienone is 1. The zero-order valence-corrected chi connectivity index (χ0v) is 11.1. The minimum absolute atomic E-state index is 0.237. The van der Waals surface area contributed by atoms with Crippen LogP contribution in [0.2, 0.25) is 0 Å². The van der Waals surface area contributed by atoms with Crippen molar-refractivity contribution in [3.8, 4) is 5.75 Å². The van der Waals surface area contributed by atoms with Crippen LogP contribution in [0.15, 0.2) is 30.4 Å². The van der Waals surface area contributed by atoms with Crippen molar-refractivity contribution in [3.05, 3.63) is 41.5 Å². The van der Waals surface area contributed by atoms with Crippen LogP contribution < -0.4 is 4.74 Å². The molecule has 5 nitrogen and oxygen atoms in total. The molecule has 102 valence electrons. The van der Waals surface area contributed by atoms with Crippen molar-refractivity contribution in [3.63, 3.8) is 0 Å². The van der Waals surface area contributed by atoms with Crippen LogP contribution in [0.4, 0.5) is 0 Å². The molecule has 0 spiro atoms. The van der Waals surface area contributed by atoms with Gasteiger partial charge in [-0.15, -0.1) is 0 Å². The van der Waals surface area contributed by atoms with Crippen molar-refractivity contribution in [1.82, 2.24) is 0 Å². The molecule has 5 heteroatoms. The molecular weight excluding hydrogens is 248 g/mol. The summed E-state index contributed by atoms with van der Waals surface area (Å²) in [5, 5.41) is 0. The maximum atomic E-state index is 11.5. The Bertz CT molecular complexity index is 456. The van der Waals surface area contributed by atoms with Crippen molar-refractivity contribution in [2.45, 2.75) is 6.92 Å². The van der Waals surface area contributed by atoms with Gasteiger partial charge in [0, 0.05) is 0 Å². The minimum atomic E-state index is -0.540. The lowest BCUT2D eigenvalue weighted by Gasteiger charge is -2.08. The van der Waals surface area contributed by atoms with Gasteiger partial charge in [0.15, 0.2) is 0 Å². The van der Waals surface area contributed by atoms with Crippen molar-refractivity contribution < 1.29 is 23.8 Å². The van der Waals surface area contributed by atoms with Gasteiger partial charge in [0.2, 0.25) is 0 Å². The van der Waals surface area contributed by atoms with E-state index in [9.17, 15) is 9.59 Å². The zero-order valence-electron chi connectivity index (χ0n) is 11.1. The average Bonchev–Trinajstić information content (AvgIpc) is 2.45. The van der Waals surface area contributed by atoms with E-state index in [1.165, 1.54) is 32.4 Å². The number of carbonyl (C=O) groups excluding carboxylic acids is 2. The van der Waals surface area contributed by atoms with Crippen LogP contribution in [0.3, 0.4) is 0 Å². The normalized spacial score (nSPS) is 10.3. The van der Waals surface area contributed by atoms with Crippen molar-refractivity contribution in [1.29, 1.82) is 0 Å². The quantitative estimate of drug-likeness (QED) is 0.602. The second-order valence-corrected chi connectivity index (χ2v) is 3.61. The van der Waals surface area contributed by atoms with Gasteiger partial charge >= 0.3 is 11.9 Å². The number of hydrogen-bond donors (Lipinski definition) is 0. The van der Waals surface area contributed by atoms with Gasteiger partial charge in [0.25, 0.3) is 0 Å². The minimum Gasteiger partial charge on any atom is -0.489 e. The molecule has 0 saturated heterocycles. The smallest absolute Gasteiger partial charge is 0.338 e. The molecule has 0 saturated carbocycles. The Morgan fingerprint density at radius 3 is 2.00 bits per heavy atom. The lowest BCUT2D eigenvalue weighted by molar-refractivity contribution is 0.0598. The SMILES string of the molecule is CC=CCOc1cc(C(=O)OC)cc(C(=O)OC)c1. The number of hydrogen-bond acceptors (Lipinski definition) is 5. The van der Waals surface area contributed by atoms with Crippen molar-refractivity contribution in [2.24, 2.45) is 0 Å². The third-order valence-corrected chi connectivity index (χ3v) is 2.33. The van der Waals surface area contributed by atoms with Crippen LogP contribution in [-0.2, 0) is 9.47 Å². The fourth-order valence-corrected chi connectivity index (χ4v) is 1.39. The topological polar surface area (TPSA) is 61.8 Å². The first-order valence-electron chi connectivity index (χ1n) is 5.68. The van der Waals surface area contributed by atoms with Gasteiger partial charge in [-0.1, -0.05) is 12.2 Å². The molecule has 0 bridgehead atoms. The molecule has 1 rings (SSSR count). The summed E-state index contributed by atoms with van der Waals surface area (Å²) in [6.45, 7) is 2.22. The molecule has 0 radical (unpaired) electrons. The summed E-state index contributed by atoms with van der Waals surface area (Å²) in [6.07, 6.45) is 3.65. The highest BCUT2D eigenvalue weighted by Crippen LogP contribution is 2.19. The van der Waals surface area contributed by atoms with Crippen LogP contribution in [0.1, 0.15) is 27.6 Å². The molecule has 0 N–H and O–H groups in total. The van der Waals surface area contributed by atoms with Gasteiger partial charge in [0.05, 0.1) is 25.3 Å². The van der Waals surface area contributed by atoms with E-state index in [0.717, 1.165) is 0 Å². The highest BCUT2D eigenvalue weighted by molar-refractivity contribution is 5.96. The van der Waals surface area contributed by atoms with E-state index in [1.807, 2.05) is 19.1 Å². The van der Waals surface area contributed by atoms with E-state index in [4.69, 9.17) is 4.74 Å². The Morgan fingerprint density at radius 1 is 1.05 bits per heavy atom. The Morgan fingerprint density at radius 2 is 1.58 bits per heavy atom. The molecule has 0 unspecified atom stereocenters. The van der Waals surface area contributed by atoms with Gasteiger partial charge in [-0.25, -0.2) is 9.59 Å². The summed E-state index contributed by atoms with van der Waals surface area (Å²) in [5.74, 6) is -0.676. The largest absolute Gasteiger partial charge is 0.489 e. The van der Waals surface area contributed by atoms with E-state index in [2.05, 4.69) is 9.47 Å². The summed E-state index contributed by atoms with van der Waals surface area (Å²) in [6, 6.07) is 4.43. The second-order valence-electron chi connectivity index (χ2n) is 3.61. The van der Waals surface area contributed by atoms with Gasteiger partial charge < -0.3 is 14.2 Å². The van der Waals surface area contributed by atoms with E-state index >= 15 is 0 Å². The fourth-order valence-electron chi connectivity index (χ4n) is 1.39. The Kier molecular flexibility index (Phi) is 5.60. The molecule has 0 aliphatic carbocycles. The summed E-state index contributed by atoms with van der Waals surface area (Å²) in [4.78, 5) is 23.0. The Balaban J connectivity index is 3.08. The molecule has 0 aliphatic heterocycles. The van der Waals surface area contributed by atoms with Crippen LogP contribution in [0.5, 0.6) is 5.75 Å². The molecule has 1 aromatic carbocycles. The molecule has 19 heavy (non-hydrogen) atoms. The highest BCUT2D eigenvalue weighted by atomic mass is 16.5. The second kappa shape index (κ2) is 7.20. The summed E-state index contributed by atoms with van der Waals surface area (Å²) >= 11 is 0. The molecule has 0 atom stereocenters. The molecule has 1 aromatic rings. The van der Waals surface area contributed by atoms with Gasteiger partial charge in [-0.3, -0.25) is 0 Å². The van der Waals surface area contributed by atoms with E-state index in [0.29, 0.717) is 12.4 Å². The van der Waals surface area contributed by atoms with Gasteiger partial charge in [-0.2, -0.15) is 0 Å². The summed E-state index contributed by atoms with van der Waals surface area (Å²) in [7, 11) is 2.54. The number of rotatable bonds is 5.